The number of hydrogen-bond acceptors (Lipinski definition) is 3. The molecular weight excluding hydrogens is 276 g/mol. The van der Waals surface area contributed by atoms with Gasteiger partial charge in [-0.25, -0.2) is 0 Å². The van der Waals surface area contributed by atoms with E-state index in [0.717, 1.165) is 24.0 Å². The van der Waals surface area contributed by atoms with Crippen LogP contribution in [0.1, 0.15) is 36.9 Å². The van der Waals surface area contributed by atoms with Crippen LogP contribution in [-0.2, 0) is 9.53 Å². The lowest BCUT2D eigenvalue weighted by molar-refractivity contribution is -0.124. The lowest BCUT2D eigenvalue weighted by atomic mass is 10.0. The predicted octanol–water partition coefficient (Wildman–Crippen LogP) is 2.10. The molecule has 1 heterocycles. The zero-order chi connectivity index (χ0) is 13.8. The minimum Gasteiger partial charge on any atom is -0.378 e. The molecule has 0 spiro atoms. The molecular formula is C15H23ClN2O2. The number of benzene rings is 1. The second-order valence-corrected chi connectivity index (χ2v) is 5.30. The third-order valence-corrected chi connectivity index (χ3v) is 3.55. The molecule has 3 atom stereocenters. The molecule has 1 amide bonds. The SMILES string of the molecule is Cc1ccc(C(N)C(=O)NC2CCOC(C)C2)cc1.Cl. The zero-order valence-electron chi connectivity index (χ0n) is 12.0. The molecule has 1 aliphatic heterocycles. The summed E-state index contributed by atoms with van der Waals surface area (Å²) in [6.45, 7) is 4.74. The normalized spacial score (nSPS) is 23.6. The Kier molecular flexibility index (Phi) is 6.46. The number of ether oxygens (including phenoxy) is 1. The molecule has 0 radical (unpaired) electrons. The van der Waals surface area contributed by atoms with Gasteiger partial charge < -0.3 is 15.8 Å². The third-order valence-electron chi connectivity index (χ3n) is 3.55. The summed E-state index contributed by atoms with van der Waals surface area (Å²) in [7, 11) is 0. The van der Waals surface area contributed by atoms with Crippen molar-refractivity contribution in [3.8, 4) is 0 Å². The van der Waals surface area contributed by atoms with E-state index in [1.165, 1.54) is 0 Å². The van der Waals surface area contributed by atoms with Gasteiger partial charge in [-0.1, -0.05) is 29.8 Å². The molecule has 0 aliphatic carbocycles. The minimum absolute atomic E-state index is 0. The van der Waals surface area contributed by atoms with Crippen molar-refractivity contribution in [3.63, 3.8) is 0 Å². The Morgan fingerprint density at radius 2 is 2.05 bits per heavy atom. The van der Waals surface area contributed by atoms with E-state index in [4.69, 9.17) is 10.5 Å². The summed E-state index contributed by atoms with van der Waals surface area (Å²) in [4.78, 5) is 12.1. The Bertz CT molecular complexity index is 436. The number of aryl methyl sites for hydroxylation is 1. The van der Waals surface area contributed by atoms with Crippen LogP contribution in [0.5, 0.6) is 0 Å². The van der Waals surface area contributed by atoms with Gasteiger partial charge in [-0.05, 0) is 32.3 Å². The van der Waals surface area contributed by atoms with Crippen LogP contribution in [0.2, 0.25) is 0 Å². The van der Waals surface area contributed by atoms with Gasteiger partial charge in [0.25, 0.3) is 0 Å². The molecule has 1 fully saturated rings. The fourth-order valence-corrected chi connectivity index (χ4v) is 2.35. The van der Waals surface area contributed by atoms with Gasteiger partial charge in [0.2, 0.25) is 5.91 Å². The van der Waals surface area contributed by atoms with Gasteiger partial charge in [-0.15, -0.1) is 12.4 Å². The summed E-state index contributed by atoms with van der Waals surface area (Å²) in [5, 5.41) is 3.02. The van der Waals surface area contributed by atoms with Gasteiger partial charge in [0.05, 0.1) is 6.10 Å². The quantitative estimate of drug-likeness (QED) is 0.898. The number of nitrogens with one attached hydrogen (secondary N) is 1. The maximum atomic E-state index is 12.1. The number of hydrogen-bond donors (Lipinski definition) is 2. The molecule has 4 nitrogen and oxygen atoms in total. The van der Waals surface area contributed by atoms with Crippen molar-refractivity contribution < 1.29 is 9.53 Å². The number of amides is 1. The van der Waals surface area contributed by atoms with Gasteiger partial charge in [0.1, 0.15) is 6.04 Å². The average Bonchev–Trinajstić information content (AvgIpc) is 2.39. The van der Waals surface area contributed by atoms with Gasteiger partial charge in [0.15, 0.2) is 0 Å². The van der Waals surface area contributed by atoms with Crippen LogP contribution in [0.15, 0.2) is 24.3 Å². The lowest BCUT2D eigenvalue weighted by Gasteiger charge is -2.28. The lowest BCUT2D eigenvalue weighted by Crippen LogP contribution is -2.44. The first-order valence-corrected chi connectivity index (χ1v) is 6.80. The molecule has 0 aromatic heterocycles. The monoisotopic (exact) mass is 298 g/mol. The average molecular weight is 299 g/mol. The first-order valence-electron chi connectivity index (χ1n) is 6.80. The van der Waals surface area contributed by atoms with E-state index in [2.05, 4.69) is 5.32 Å². The maximum Gasteiger partial charge on any atom is 0.241 e. The number of carbonyl (C=O) groups is 1. The van der Waals surface area contributed by atoms with E-state index in [1.54, 1.807) is 0 Å². The Hall–Kier alpha value is -1.10. The van der Waals surface area contributed by atoms with E-state index in [1.807, 2.05) is 38.1 Å². The fourth-order valence-electron chi connectivity index (χ4n) is 2.35. The fraction of sp³-hybridized carbons (Fsp3) is 0.533. The van der Waals surface area contributed by atoms with Crippen molar-refractivity contribution >= 4 is 18.3 Å². The van der Waals surface area contributed by atoms with Crippen molar-refractivity contribution in [2.45, 2.75) is 44.9 Å². The highest BCUT2D eigenvalue weighted by Gasteiger charge is 2.23. The van der Waals surface area contributed by atoms with Crippen molar-refractivity contribution in [3.05, 3.63) is 35.4 Å². The van der Waals surface area contributed by atoms with E-state index in [0.29, 0.717) is 6.61 Å². The van der Waals surface area contributed by atoms with E-state index in [-0.39, 0.29) is 30.5 Å². The summed E-state index contributed by atoms with van der Waals surface area (Å²) in [6.07, 6.45) is 1.91. The maximum absolute atomic E-state index is 12.1. The first-order chi connectivity index (χ1) is 9.06. The number of nitrogens with two attached hydrogens (primary N) is 1. The van der Waals surface area contributed by atoms with Gasteiger partial charge in [-0.3, -0.25) is 4.79 Å². The van der Waals surface area contributed by atoms with E-state index in [9.17, 15) is 4.79 Å². The van der Waals surface area contributed by atoms with Crippen LogP contribution in [0.3, 0.4) is 0 Å². The van der Waals surface area contributed by atoms with Crippen LogP contribution in [-0.4, -0.2) is 24.7 Å². The second-order valence-electron chi connectivity index (χ2n) is 5.30. The molecule has 1 aliphatic rings. The highest BCUT2D eigenvalue weighted by atomic mass is 35.5. The molecule has 3 N–H and O–H groups in total. The zero-order valence-corrected chi connectivity index (χ0v) is 12.8. The number of halogens is 1. The van der Waals surface area contributed by atoms with Gasteiger partial charge >= 0.3 is 0 Å². The molecule has 0 saturated carbocycles. The molecule has 112 valence electrons. The molecule has 1 saturated heterocycles. The topological polar surface area (TPSA) is 64.4 Å². The number of rotatable bonds is 3. The molecule has 1 aromatic carbocycles. The van der Waals surface area contributed by atoms with Crippen molar-refractivity contribution in [2.75, 3.05) is 6.61 Å². The van der Waals surface area contributed by atoms with Crippen molar-refractivity contribution in [2.24, 2.45) is 5.73 Å². The molecule has 3 unspecified atom stereocenters. The van der Waals surface area contributed by atoms with E-state index >= 15 is 0 Å². The van der Waals surface area contributed by atoms with Crippen LogP contribution in [0, 0.1) is 6.92 Å². The Labute approximate surface area is 126 Å². The van der Waals surface area contributed by atoms with Gasteiger partial charge in [-0.2, -0.15) is 0 Å². The standard InChI is InChI=1S/C15H22N2O2.ClH/c1-10-3-5-12(6-4-10)14(16)15(18)17-13-7-8-19-11(2)9-13;/h3-6,11,13-14H,7-9,16H2,1-2H3,(H,17,18);1H. The van der Waals surface area contributed by atoms with Crippen LogP contribution in [0.4, 0.5) is 0 Å². The summed E-state index contributed by atoms with van der Waals surface area (Å²) in [5.41, 5.74) is 8.01. The van der Waals surface area contributed by atoms with Crippen LogP contribution >= 0.6 is 12.4 Å². The van der Waals surface area contributed by atoms with Crippen LogP contribution < -0.4 is 11.1 Å². The summed E-state index contributed by atoms with van der Waals surface area (Å²) in [6, 6.07) is 7.34. The van der Waals surface area contributed by atoms with Crippen molar-refractivity contribution in [1.82, 2.24) is 5.32 Å². The highest BCUT2D eigenvalue weighted by molar-refractivity contribution is 5.85. The second kappa shape index (κ2) is 7.62. The smallest absolute Gasteiger partial charge is 0.241 e. The molecule has 0 bridgehead atoms. The number of carbonyl (C=O) groups excluding carboxylic acids is 1. The molecule has 5 heteroatoms. The Morgan fingerprint density at radius 3 is 2.65 bits per heavy atom. The summed E-state index contributed by atoms with van der Waals surface area (Å²) in [5.74, 6) is -0.108. The molecule has 2 rings (SSSR count). The molecule has 1 aromatic rings. The summed E-state index contributed by atoms with van der Waals surface area (Å²) >= 11 is 0. The van der Waals surface area contributed by atoms with Gasteiger partial charge in [0, 0.05) is 12.6 Å². The first kappa shape index (κ1) is 17.0. The predicted molar refractivity (Wildman–Crippen MR) is 81.9 cm³/mol. The Morgan fingerprint density at radius 1 is 1.40 bits per heavy atom. The summed E-state index contributed by atoms with van der Waals surface area (Å²) < 4.78 is 5.47. The van der Waals surface area contributed by atoms with E-state index < -0.39 is 6.04 Å². The van der Waals surface area contributed by atoms with Crippen LogP contribution in [0.25, 0.3) is 0 Å². The highest BCUT2D eigenvalue weighted by Crippen LogP contribution is 2.16. The van der Waals surface area contributed by atoms with Crippen molar-refractivity contribution in [1.29, 1.82) is 0 Å². The minimum atomic E-state index is -0.598. The Balaban J connectivity index is 0.00000200. The third kappa shape index (κ3) is 4.47. The largest absolute Gasteiger partial charge is 0.378 e. The molecule has 20 heavy (non-hydrogen) atoms.